The maximum Gasteiger partial charge on any atom is 0.255 e. The predicted octanol–water partition coefficient (Wildman–Crippen LogP) is 0.946. The maximum atomic E-state index is 12.5. The molecule has 0 radical (unpaired) electrons. The van der Waals surface area contributed by atoms with Gasteiger partial charge in [-0.1, -0.05) is 12.1 Å². The highest BCUT2D eigenvalue weighted by atomic mass is 16.4. The first-order valence-corrected chi connectivity index (χ1v) is 6.62. The SMILES string of the molecule is CCc1nnc(C)cc1C(=O)N(CC)CC/C(N)=N/O. The fourth-order valence-corrected chi connectivity index (χ4v) is 1.83. The van der Waals surface area contributed by atoms with Gasteiger partial charge >= 0.3 is 0 Å². The quantitative estimate of drug-likeness (QED) is 0.349. The minimum atomic E-state index is -0.104. The van der Waals surface area contributed by atoms with Gasteiger partial charge in [-0.15, -0.1) is 0 Å². The third kappa shape index (κ3) is 3.91. The van der Waals surface area contributed by atoms with Gasteiger partial charge in [0.25, 0.3) is 5.91 Å². The second-order valence-electron chi connectivity index (χ2n) is 4.43. The maximum absolute atomic E-state index is 12.5. The summed E-state index contributed by atoms with van der Waals surface area (Å²) in [4.78, 5) is 14.2. The first-order valence-electron chi connectivity index (χ1n) is 6.62. The molecule has 110 valence electrons. The number of amidine groups is 1. The molecule has 1 aromatic rings. The molecule has 0 aliphatic carbocycles. The van der Waals surface area contributed by atoms with Gasteiger partial charge in [0.1, 0.15) is 5.84 Å². The Morgan fingerprint density at radius 1 is 1.45 bits per heavy atom. The van der Waals surface area contributed by atoms with Crippen molar-refractivity contribution in [2.24, 2.45) is 10.9 Å². The third-order valence-corrected chi connectivity index (χ3v) is 2.99. The molecule has 0 fully saturated rings. The summed E-state index contributed by atoms with van der Waals surface area (Å²) in [5.74, 6) is 0.00379. The van der Waals surface area contributed by atoms with Crippen LogP contribution >= 0.6 is 0 Å². The number of carbonyl (C=O) groups is 1. The van der Waals surface area contributed by atoms with Crippen molar-refractivity contribution < 1.29 is 10.0 Å². The highest BCUT2D eigenvalue weighted by Crippen LogP contribution is 2.11. The van der Waals surface area contributed by atoms with Crippen molar-refractivity contribution in [3.63, 3.8) is 0 Å². The average Bonchev–Trinajstić information content (AvgIpc) is 2.47. The normalized spacial score (nSPS) is 11.4. The third-order valence-electron chi connectivity index (χ3n) is 2.99. The zero-order valence-electron chi connectivity index (χ0n) is 12.1. The fraction of sp³-hybridized carbons (Fsp3) is 0.538. The van der Waals surface area contributed by atoms with E-state index in [0.717, 1.165) is 0 Å². The van der Waals surface area contributed by atoms with Crippen molar-refractivity contribution in [3.8, 4) is 0 Å². The van der Waals surface area contributed by atoms with Gasteiger partial charge in [-0.25, -0.2) is 0 Å². The smallest absolute Gasteiger partial charge is 0.255 e. The summed E-state index contributed by atoms with van der Waals surface area (Å²) < 4.78 is 0. The molecule has 0 unspecified atom stereocenters. The molecule has 1 heterocycles. The second kappa shape index (κ2) is 7.42. The molecule has 0 aliphatic rings. The molecule has 1 rings (SSSR count). The van der Waals surface area contributed by atoms with Crippen LogP contribution in [0.25, 0.3) is 0 Å². The van der Waals surface area contributed by atoms with Crippen molar-refractivity contribution in [2.75, 3.05) is 13.1 Å². The summed E-state index contributed by atoms with van der Waals surface area (Å²) in [7, 11) is 0. The van der Waals surface area contributed by atoms with Gasteiger partial charge in [0, 0.05) is 19.5 Å². The molecule has 0 saturated carbocycles. The molecule has 1 aromatic heterocycles. The van der Waals surface area contributed by atoms with Crippen molar-refractivity contribution in [1.29, 1.82) is 0 Å². The zero-order chi connectivity index (χ0) is 15.1. The first-order chi connectivity index (χ1) is 9.53. The summed E-state index contributed by atoms with van der Waals surface area (Å²) in [6, 6.07) is 1.75. The molecular weight excluding hydrogens is 258 g/mol. The molecule has 0 saturated heterocycles. The van der Waals surface area contributed by atoms with Crippen LogP contribution in [0.4, 0.5) is 0 Å². The van der Waals surface area contributed by atoms with E-state index in [0.29, 0.717) is 42.9 Å². The molecule has 3 N–H and O–H groups in total. The Bertz CT molecular complexity index is 502. The Balaban J connectivity index is 2.93. The number of nitrogens with zero attached hydrogens (tertiary/aromatic N) is 4. The van der Waals surface area contributed by atoms with E-state index in [1.807, 2.05) is 13.8 Å². The van der Waals surface area contributed by atoms with Crippen LogP contribution in [0, 0.1) is 6.92 Å². The summed E-state index contributed by atoms with van der Waals surface area (Å²) in [5.41, 5.74) is 7.40. The Morgan fingerprint density at radius 3 is 2.70 bits per heavy atom. The lowest BCUT2D eigenvalue weighted by atomic mass is 10.1. The minimum absolute atomic E-state index is 0.104. The average molecular weight is 279 g/mol. The van der Waals surface area contributed by atoms with E-state index in [4.69, 9.17) is 10.9 Å². The Morgan fingerprint density at radius 2 is 2.15 bits per heavy atom. The summed E-state index contributed by atoms with van der Waals surface area (Å²) in [6.45, 7) is 6.56. The van der Waals surface area contributed by atoms with E-state index in [1.165, 1.54) is 0 Å². The number of carbonyl (C=O) groups excluding carboxylic acids is 1. The standard InChI is InChI=1S/C13H21N5O2/c1-4-11-10(8-9(3)15-16-11)13(19)18(5-2)7-6-12(14)17-20/h8,20H,4-7H2,1-3H3,(H2,14,17). The van der Waals surface area contributed by atoms with Crippen LogP contribution in [0.5, 0.6) is 0 Å². The Hall–Kier alpha value is -2.18. The van der Waals surface area contributed by atoms with Crippen LogP contribution in [0.2, 0.25) is 0 Å². The highest BCUT2D eigenvalue weighted by molar-refractivity contribution is 5.95. The molecule has 0 aromatic carbocycles. The number of rotatable bonds is 6. The van der Waals surface area contributed by atoms with Crippen molar-refractivity contribution in [2.45, 2.75) is 33.6 Å². The fourth-order valence-electron chi connectivity index (χ4n) is 1.83. The first kappa shape index (κ1) is 15.9. The van der Waals surface area contributed by atoms with Crippen LogP contribution in [0.1, 0.15) is 42.0 Å². The van der Waals surface area contributed by atoms with E-state index in [9.17, 15) is 4.79 Å². The van der Waals surface area contributed by atoms with Gasteiger partial charge in [-0.2, -0.15) is 10.2 Å². The number of amides is 1. The predicted molar refractivity (Wildman–Crippen MR) is 75.8 cm³/mol. The van der Waals surface area contributed by atoms with E-state index in [-0.39, 0.29) is 11.7 Å². The van der Waals surface area contributed by atoms with Gasteiger partial charge in [0.05, 0.1) is 17.0 Å². The van der Waals surface area contributed by atoms with Gasteiger partial charge < -0.3 is 15.8 Å². The lowest BCUT2D eigenvalue weighted by Gasteiger charge is -2.21. The number of aromatic nitrogens is 2. The number of nitrogens with two attached hydrogens (primary N) is 1. The molecule has 1 amide bonds. The number of aryl methyl sites for hydroxylation is 2. The number of hydrogen-bond donors (Lipinski definition) is 2. The topological polar surface area (TPSA) is 105 Å². The largest absolute Gasteiger partial charge is 0.409 e. The molecule has 0 spiro atoms. The van der Waals surface area contributed by atoms with Gasteiger partial charge in [-0.3, -0.25) is 4.79 Å². The molecule has 20 heavy (non-hydrogen) atoms. The van der Waals surface area contributed by atoms with Crippen LogP contribution in [-0.4, -0.2) is 45.1 Å². The summed E-state index contributed by atoms with van der Waals surface area (Å²) in [6.07, 6.45) is 0.973. The van der Waals surface area contributed by atoms with Crippen molar-refractivity contribution in [1.82, 2.24) is 15.1 Å². The summed E-state index contributed by atoms with van der Waals surface area (Å²) in [5, 5.41) is 19.5. The van der Waals surface area contributed by atoms with E-state index in [1.54, 1.807) is 17.9 Å². The number of oxime groups is 1. The Labute approximate surface area is 118 Å². The van der Waals surface area contributed by atoms with E-state index < -0.39 is 0 Å². The molecule has 7 nitrogen and oxygen atoms in total. The minimum Gasteiger partial charge on any atom is -0.409 e. The van der Waals surface area contributed by atoms with Gasteiger partial charge in [0.15, 0.2) is 0 Å². The van der Waals surface area contributed by atoms with Crippen LogP contribution in [-0.2, 0) is 6.42 Å². The molecule has 0 bridgehead atoms. The Kier molecular flexibility index (Phi) is 5.89. The highest BCUT2D eigenvalue weighted by Gasteiger charge is 2.18. The molecule has 0 aliphatic heterocycles. The number of hydrogen-bond acceptors (Lipinski definition) is 5. The van der Waals surface area contributed by atoms with Crippen LogP contribution < -0.4 is 5.73 Å². The lowest BCUT2D eigenvalue weighted by Crippen LogP contribution is -2.34. The van der Waals surface area contributed by atoms with Gasteiger partial charge in [0.2, 0.25) is 0 Å². The summed E-state index contributed by atoms with van der Waals surface area (Å²) >= 11 is 0. The van der Waals surface area contributed by atoms with Crippen LogP contribution in [0.3, 0.4) is 0 Å². The van der Waals surface area contributed by atoms with E-state index in [2.05, 4.69) is 15.4 Å². The van der Waals surface area contributed by atoms with E-state index >= 15 is 0 Å². The zero-order valence-corrected chi connectivity index (χ0v) is 12.1. The van der Waals surface area contributed by atoms with Gasteiger partial charge in [-0.05, 0) is 26.3 Å². The monoisotopic (exact) mass is 279 g/mol. The molecular formula is C13H21N5O2. The van der Waals surface area contributed by atoms with Crippen molar-refractivity contribution in [3.05, 3.63) is 23.0 Å². The lowest BCUT2D eigenvalue weighted by molar-refractivity contribution is 0.0766. The second-order valence-corrected chi connectivity index (χ2v) is 4.43. The molecule has 0 atom stereocenters. The molecule has 7 heteroatoms. The van der Waals surface area contributed by atoms with Crippen LogP contribution in [0.15, 0.2) is 11.2 Å². The van der Waals surface area contributed by atoms with Crippen molar-refractivity contribution >= 4 is 11.7 Å².